The van der Waals surface area contributed by atoms with Crippen LogP contribution in [0.1, 0.15) is 6.42 Å². The maximum atomic E-state index is 13.0. The van der Waals surface area contributed by atoms with E-state index in [1.807, 2.05) is 0 Å². The summed E-state index contributed by atoms with van der Waals surface area (Å²) in [6, 6.07) is 13.6. The van der Waals surface area contributed by atoms with Crippen molar-refractivity contribution in [3.05, 3.63) is 58.9 Å². The van der Waals surface area contributed by atoms with Gasteiger partial charge in [-0.1, -0.05) is 23.9 Å². The van der Waals surface area contributed by atoms with Crippen molar-refractivity contribution in [1.29, 1.82) is 0 Å². The topological polar surface area (TPSA) is 102 Å². The van der Waals surface area contributed by atoms with Crippen LogP contribution in [0, 0.1) is 0 Å². The van der Waals surface area contributed by atoms with Gasteiger partial charge in [-0.15, -0.1) is 0 Å². The quantitative estimate of drug-likeness (QED) is 0.475. The van der Waals surface area contributed by atoms with Crippen LogP contribution in [0.15, 0.2) is 58.5 Å². The lowest BCUT2D eigenvalue weighted by molar-refractivity contribution is -0.121. The summed E-state index contributed by atoms with van der Waals surface area (Å²) in [5.41, 5.74) is 0.678. The van der Waals surface area contributed by atoms with Crippen molar-refractivity contribution in [3.63, 3.8) is 0 Å². The van der Waals surface area contributed by atoms with E-state index in [1.54, 1.807) is 48.5 Å². The van der Waals surface area contributed by atoms with Gasteiger partial charge in [-0.3, -0.25) is 19.0 Å². The number of aliphatic hydroxyl groups excluding tert-OH is 1. The fourth-order valence-corrected chi connectivity index (χ4v) is 4.50. The number of imide groups is 1. The number of carbonyl (C=O) groups excluding carboxylic acids is 2. The molecule has 2 aromatic carbocycles. The number of aliphatic hydroxyl groups is 1. The number of amides is 2. The van der Waals surface area contributed by atoms with Crippen LogP contribution in [0.4, 0.5) is 5.69 Å². The molecule has 1 atom stereocenters. The molecule has 0 spiro atoms. The zero-order valence-electron chi connectivity index (χ0n) is 16.1. The molecule has 9 heteroatoms. The first-order valence-electron chi connectivity index (χ1n) is 9.31. The number of methoxy groups -OCH3 is 1. The third kappa shape index (κ3) is 3.57. The first kappa shape index (κ1) is 20.1. The summed E-state index contributed by atoms with van der Waals surface area (Å²) in [6.45, 7) is -0.195. The van der Waals surface area contributed by atoms with E-state index in [9.17, 15) is 19.5 Å². The molecule has 1 aliphatic rings. The molecule has 0 aliphatic carbocycles. The lowest BCUT2D eigenvalue weighted by atomic mass is 10.2. The van der Waals surface area contributed by atoms with E-state index in [2.05, 4.69) is 4.98 Å². The zero-order valence-corrected chi connectivity index (χ0v) is 17.0. The number of para-hydroxylation sites is 1. The lowest BCUT2D eigenvalue weighted by Crippen LogP contribution is -2.31. The van der Waals surface area contributed by atoms with Crippen molar-refractivity contribution in [2.75, 3.05) is 18.6 Å². The van der Waals surface area contributed by atoms with Gasteiger partial charge in [0.25, 0.3) is 5.56 Å². The normalized spacial score (nSPS) is 16.5. The van der Waals surface area contributed by atoms with Crippen LogP contribution in [-0.2, 0) is 16.1 Å². The van der Waals surface area contributed by atoms with Crippen LogP contribution in [0.2, 0.25) is 0 Å². The molecule has 2 amide bonds. The van der Waals surface area contributed by atoms with Crippen LogP contribution in [-0.4, -0.2) is 45.4 Å². The summed E-state index contributed by atoms with van der Waals surface area (Å²) in [5, 5.41) is 9.42. The third-order valence-electron chi connectivity index (χ3n) is 4.83. The first-order chi connectivity index (χ1) is 14.5. The van der Waals surface area contributed by atoms with Gasteiger partial charge < -0.3 is 9.84 Å². The molecule has 0 saturated carbocycles. The second-order valence-corrected chi connectivity index (χ2v) is 7.84. The average Bonchev–Trinajstić information content (AvgIpc) is 3.04. The minimum absolute atomic E-state index is 0.00263. The number of fused-ring (bicyclic) bond motifs is 1. The molecular weight excluding hydrogens is 406 g/mol. The predicted molar refractivity (Wildman–Crippen MR) is 113 cm³/mol. The second-order valence-electron chi connectivity index (χ2n) is 6.67. The van der Waals surface area contributed by atoms with Crippen molar-refractivity contribution in [2.45, 2.75) is 23.4 Å². The van der Waals surface area contributed by atoms with E-state index in [0.717, 1.165) is 16.7 Å². The Kier molecular flexibility index (Phi) is 5.56. The van der Waals surface area contributed by atoms with Gasteiger partial charge in [-0.05, 0) is 36.4 Å². The van der Waals surface area contributed by atoms with Crippen LogP contribution >= 0.6 is 11.8 Å². The highest BCUT2D eigenvalue weighted by Crippen LogP contribution is 2.34. The van der Waals surface area contributed by atoms with Gasteiger partial charge in [0.15, 0.2) is 5.16 Å². The molecule has 0 bridgehead atoms. The number of hydrogen-bond acceptors (Lipinski definition) is 7. The molecule has 4 rings (SSSR count). The number of rotatable bonds is 6. The number of carbonyl (C=O) groups is 2. The molecule has 2 heterocycles. The Labute approximate surface area is 176 Å². The van der Waals surface area contributed by atoms with Crippen molar-refractivity contribution in [2.24, 2.45) is 0 Å². The largest absolute Gasteiger partial charge is 0.497 e. The Bertz CT molecular complexity index is 1180. The monoisotopic (exact) mass is 425 g/mol. The predicted octanol–water partition coefficient (Wildman–Crippen LogP) is 1.82. The van der Waals surface area contributed by atoms with Gasteiger partial charge in [0.2, 0.25) is 11.8 Å². The molecule has 1 fully saturated rings. The number of nitrogens with zero attached hydrogens (tertiary/aromatic N) is 3. The molecular formula is C21H19N3O5S. The molecule has 0 unspecified atom stereocenters. The third-order valence-corrected chi connectivity index (χ3v) is 6.01. The van der Waals surface area contributed by atoms with E-state index in [4.69, 9.17) is 4.74 Å². The van der Waals surface area contributed by atoms with Crippen molar-refractivity contribution < 1.29 is 19.4 Å². The van der Waals surface area contributed by atoms with Gasteiger partial charge in [-0.2, -0.15) is 0 Å². The van der Waals surface area contributed by atoms with Gasteiger partial charge in [0, 0.05) is 6.42 Å². The van der Waals surface area contributed by atoms with Gasteiger partial charge in [0.1, 0.15) is 11.0 Å². The Hall–Kier alpha value is -3.17. The molecule has 3 aromatic rings. The highest BCUT2D eigenvalue weighted by Gasteiger charge is 2.41. The standard InChI is InChI=1S/C21H19N3O5S/c1-29-14-8-6-13(7-9-14)24-18(26)12-17(20(24)28)30-21-22-16-5-3-2-4-15(16)19(27)23(21)10-11-25/h2-9,17,25H,10-12H2,1H3/t17-/m1/s1. The number of aromatic nitrogens is 2. The fraction of sp³-hybridized carbons (Fsp3) is 0.238. The summed E-state index contributed by atoms with van der Waals surface area (Å²) in [6.07, 6.45) is -0.00263. The smallest absolute Gasteiger partial charge is 0.262 e. The molecule has 0 radical (unpaired) electrons. The van der Waals surface area contributed by atoms with Crippen LogP contribution in [0.25, 0.3) is 10.9 Å². The van der Waals surface area contributed by atoms with Gasteiger partial charge in [0.05, 0.1) is 36.9 Å². The number of anilines is 1. The highest BCUT2D eigenvalue weighted by atomic mass is 32.2. The molecule has 1 N–H and O–H groups in total. The van der Waals surface area contributed by atoms with E-state index >= 15 is 0 Å². The molecule has 154 valence electrons. The SMILES string of the molecule is COc1ccc(N2C(=O)C[C@@H](Sc3nc4ccccc4c(=O)n3CCO)C2=O)cc1. The molecule has 8 nitrogen and oxygen atoms in total. The Morgan fingerprint density at radius 2 is 1.87 bits per heavy atom. The van der Waals surface area contributed by atoms with E-state index < -0.39 is 5.25 Å². The maximum Gasteiger partial charge on any atom is 0.262 e. The van der Waals surface area contributed by atoms with Crippen LogP contribution in [0.5, 0.6) is 5.75 Å². The Balaban J connectivity index is 1.66. The lowest BCUT2D eigenvalue weighted by Gasteiger charge is -2.16. The molecule has 1 aromatic heterocycles. The maximum absolute atomic E-state index is 13.0. The zero-order chi connectivity index (χ0) is 21.3. The summed E-state index contributed by atoms with van der Waals surface area (Å²) < 4.78 is 6.46. The van der Waals surface area contributed by atoms with Crippen molar-refractivity contribution >= 4 is 40.2 Å². The van der Waals surface area contributed by atoms with E-state index in [-0.39, 0.29) is 36.9 Å². The number of thioether (sulfide) groups is 1. The van der Waals surface area contributed by atoms with Gasteiger partial charge >= 0.3 is 0 Å². The van der Waals surface area contributed by atoms with E-state index in [0.29, 0.717) is 27.5 Å². The van der Waals surface area contributed by atoms with E-state index in [1.165, 1.54) is 11.7 Å². The Morgan fingerprint density at radius 3 is 2.57 bits per heavy atom. The van der Waals surface area contributed by atoms with Gasteiger partial charge in [-0.25, -0.2) is 9.88 Å². The Morgan fingerprint density at radius 1 is 1.13 bits per heavy atom. The summed E-state index contributed by atoms with van der Waals surface area (Å²) >= 11 is 1.07. The van der Waals surface area contributed by atoms with Crippen LogP contribution < -0.4 is 15.2 Å². The summed E-state index contributed by atoms with van der Waals surface area (Å²) in [4.78, 5) is 44.0. The average molecular weight is 425 g/mol. The first-order valence-corrected chi connectivity index (χ1v) is 10.2. The minimum atomic E-state index is -0.711. The van der Waals surface area contributed by atoms with Crippen molar-refractivity contribution in [3.8, 4) is 5.75 Å². The number of ether oxygens (including phenoxy) is 1. The second kappa shape index (κ2) is 8.29. The fourth-order valence-electron chi connectivity index (χ4n) is 3.36. The summed E-state index contributed by atoms with van der Waals surface area (Å²) in [5.74, 6) is -0.0650. The van der Waals surface area contributed by atoms with Crippen molar-refractivity contribution in [1.82, 2.24) is 9.55 Å². The number of benzene rings is 2. The highest BCUT2D eigenvalue weighted by molar-refractivity contribution is 8.00. The number of hydrogen-bond donors (Lipinski definition) is 1. The minimum Gasteiger partial charge on any atom is -0.497 e. The van der Waals surface area contributed by atoms with Crippen LogP contribution in [0.3, 0.4) is 0 Å². The molecule has 30 heavy (non-hydrogen) atoms. The molecule has 1 saturated heterocycles. The summed E-state index contributed by atoms with van der Waals surface area (Å²) in [7, 11) is 1.54. The molecule has 1 aliphatic heterocycles.